The van der Waals surface area contributed by atoms with Gasteiger partial charge in [-0.25, -0.2) is 0 Å². The molecule has 1 aromatic carbocycles. The van der Waals surface area contributed by atoms with E-state index in [-0.39, 0.29) is 28.0 Å². The maximum absolute atomic E-state index is 12.7. The molecule has 1 heterocycles. The second kappa shape index (κ2) is 6.77. The van der Waals surface area contributed by atoms with E-state index in [9.17, 15) is 8.42 Å². The Morgan fingerprint density at radius 2 is 1.75 bits per heavy atom. The minimum Gasteiger partial charge on any atom is -0.306 e. The van der Waals surface area contributed by atoms with Crippen LogP contribution in [0.1, 0.15) is 59.4 Å². The third-order valence-electron chi connectivity index (χ3n) is 5.88. The largest absolute Gasteiger partial charge is 0.306 e. The summed E-state index contributed by atoms with van der Waals surface area (Å²) in [6.45, 7) is 12.6. The number of rotatable bonds is 5. The summed E-state index contributed by atoms with van der Waals surface area (Å²) in [5.74, 6) is 0.0994. The molecular formula is C19H31NO3S. The van der Waals surface area contributed by atoms with E-state index >= 15 is 0 Å². The van der Waals surface area contributed by atoms with E-state index in [1.807, 2.05) is 6.92 Å². The van der Waals surface area contributed by atoms with E-state index in [2.05, 4.69) is 39.9 Å². The van der Waals surface area contributed by atoms with Crippen molar-refractivity contribution in [3.05, 3.63) is 29.8 Å². The van der Waals surface area contributed by atoms with Crippen molar-refractivity contribution >= 4 is 10.1 Å². The van der Waals surface area contributed by atoms with Crippen molar-refractivity contribution in [2.45, 2.75) is 82.9 Å². The minimum absolute atomic E-state index is 0.0994. The van der Waals surface area contributed by atoms with Gasteiger partial charge in [0.1, 0.15) is 0 Å². The molecular weight excluding hydrogens is 322 g/mol. The van der Waals surface area contributed by atoms with Crippen LogP contribution in [-0.2, 0) is 14.3 Å². The molecule has 1 aromatic rings. The summed E-state index contributed by atoms with van der Waals surface area (Å²) in [5.41, 5.74) is 0.766. The number of piperidine rings is 1. The average Bonchev–Trinajstić information content (AvgIpc) is 2.52. The highest BCUT2D eigenvalue weighted by atomic mass is 32.2. The van der Waals surface area contributed by atoms with Gasteiger partial charge in [0.25, 0.3) is 10.1 Å². The molecule has 5 heteroatoms. The van der Waals surface area contributed by atoms with Gasteiger partial charge in [-0.3, -0.25) is 4.18 Å². The third kappa shape index (κ3) is 3.84. The summed E-state index contributed by atoms with van der Waals surface area (Å²) in [6.07, 6.45) is 2.21. The van der Waals surface area contributed by atoms with E-state index < -0.39 is 10.1 Å². The number of nitrogens with one attached hydrogen (secondary N) is 1. The first-order valence-electron chi connectivity index (χ1n) is 8.84. The van der Waals surface area contributed by atoms with Crippen LogP contribution in [0.4, 0.5) is 0 Å². The van der Waals surface area contributed by atoms with Crippen LogP contribution >= 0.6 is 0 Å². The van der Waals surface area contributed by atoms with Crippen molar-refractivity contribution in [3.63, 3.8) is 0 Å². The van der Waals surface area contributed by atoms with Gasteiger partial charge >= 0.3 is 0 Å². The highest BCUT2D eigenvalue weighted by molar-refractivity contribution is 7.86. The van der Waals surface area contributed by atoms with E-state index in [0.717, 1.165) is 18.4 Å². The number of benzene rings is 1. The molecule has 0 amide bonds. The summed E-state index contributed by atoms with van der Waals surface area (Å²) in [7, 11) is -3.75. The molecule has 0 aromatic heterocycles. The molecule has 1 aliphatic heterocycles. The van der Waals surface area contributed by atoms with Gasteiger partial charge in [-0.1, -0.05) is 38.5 Å². The van der Waals surface area contributed by atoms with Gasteiger partial charge in [0.2, 0.25) is 0 Å². The normalized spacial score (nSPS) is 34.2. The lowest BCUT2D eigenvalue weighted by Gasteiger charge is -2.52. The van der Waals surface area contributed by atoms with Gasteiger partial charge in [0.15, 0.2) is 0 Å². The third-order valence-corrected chi connectivity index (χ3v) is 7.23. The van der Waals surface area contributed by atoms with Crippen LogP contribution in [0.3, 0.4) is 0 Å². The monoisotopic (exact) mass is 353 g/mol. The maximum Gasteiger partial charge on any atom is 0.297 e. The second-order valence-corrected chi connectivity index (χ2v) is 9.28. The Bertz CT molecular complexity index is 670. The first kappa shape index (κ1) is 19.4. The Kier molecular flexibility index (Phi) is 5.48. The Hall–Kier alpha value is -0.910. The molecule has 4 unspecified atom stereocenters. The maximum atomic E-state index is 12.7. The molecule has 4 atom stereocenters. The van der Waals surface area contributed by atoms with Crippen LogP contribution in [0.15, 0.2) is 29.2 Å². The van der Waals surface area contributed by atoms with Crippen LogP contribution in [-0.4, -0.2) is 25.6 Å². The first-order valence-corrected chi connectivity index (χ1v) is 10.3. The molecule has 1 fully saturated rings. The summed E-state index contributed by atoms with van der Waals surface area (Å²) in [6, 6.07) is 6.84. The topological polar surface area (TPSA) is 55.4 Å². The minimum atomic E-state index is -3.75. The molecule has 136 valence electrons. The fourth-order valence-corrected chi connectivity index (χ4v) is 4.71. The van der Waals surface area contributed by atoms with Crippen molar-refractivity contribution in [2.75, 3.05) is 0 Å². The summed E-state index contributed by atoms with van der Waals surface area (Å²) < 4.78 is 31.2. The Labute approximate surface area is 147 Å². The summed E-state index contributed by atoms with van der Waals surface area (Å²) in [5, 5.41) is 3.74. The second-order valence-electron chi connectivity index (χ2n) is 7.70. The Morgan fingerprint density at radius 3 is 2.25 bits per heavy atom. The molecule has 0 spiro atoms. The summed E-state index contributed by atoms with van der Waals surface area (Å²) >= 11 is 0. The summed E-state index contributed by atoms with van der Waals surface area (Å²) in [4.78, 5) is 0.232. The zero-order valence-corrected chi connectivity index (χ0v) is 16.5. The average molecular weight is 354 g/mol. The smallest absolute Gasteiger partial charge is 0.297 e. The zero-order valence-electron chi connectivity index (χ0n) is 15.7. The van der Waals surface area contributed by atoms with Crippen LogP contribution in [0.5, 0.6) is 0 Å². The van der Waals surface area contributed by atoms with E-state index in [1.165, 1.54) is 0 Å². The predicted molar refractivity (Wildman–Crippen MR) is 97.5 cm³/mol. The van der Waals surface area contributed by atoms with Gasteiger partial charge < -0.3 is 5.32 Å². The highest BCUT2D eigenvalue weighted by Crippen LogP contribution is 2.39. The van der Waals surface area contributed by atoms with E-state index in [1.54, 1.807) is 24.3 Å². The molecule has 0 aliphatic carbocycles. The van der Waals surface area contributed by atoms with Crippen molar-refractivity contribution in [1.82, 2.24) is 5.32 Å². The van der Waals surface area contributed by atoms with Crippen molar-refractivity contribution in [1.29, 1.82) is 0 Å². The van der Waals surface area contributed by atoms with Crippen molar-refractivity contribution < 1.29 is 12.6 Å². The zero-order chi connectivity index (χ0) is 18.2. The van der Waals surface area contributed by atoms with Gasteiger partial charge in [-0.05, 0) is 52.2 Å². The number of hydrogen-bond donors (Lipinski definition) is 1. The molecule has 1 aliphatic rings. The number of hydrogen-bond acceptors (Lipinski definition) is 4. The van der Waals surface area contributed by atoms with E-state index in [4.69, 9.17) is 4.18 Å². The lowest BCUT2D eigenvalue weighted by Crippen LogP contribution is -2.66. The van der Waals surface area contributed by atoms with Crippen LogP contribution in [0.2, 0.25) is 0 Å². The van der Waals surface area contributed by atoms with Gasteiger partial charge in [-0.2, -0.15) is 8.42 Å². The van der Waals surface area contributed by atoms with Gasteiger partial charge in [0, 0.05) is 17.0 Å². The van der Waals surface area contributed by atoms with Crippen molar-refractivity contribution in [3.8, 4) is 0 Å². The molecule has 1 N–H and O–H groups in total. The molecule has 2 rings (SSSR count). The molecule has 4 nitrogen and oxygen atoms in total. The van der Waals surface area contributed by atoms with Crippen LogP contribution in [0.25, 0.3) is 0 Å². The Balaban J connectivity index is 2.30. The quantitative estimate of drug-likeness (QED) is 0.812. The molecule has 24 heavy (non-hydrogen) atoms. The molecule has 1 saturated heterocycles. The van der Waals surface area contributed by atoms with Crippen molar-refractivity contribution in [2.24, 2.45) is 5.92 Å². The van der Waals surface area contributed by atoms with Crippen LogP contribution < -0.4 is 5.32 Å². The standard InChI is InChI=1S/C19H31NO3S/c1-7-18(5)13-17(15(4)19(6,8-2)20-18)23-24(21,22)16-11-9-14(3)10-12-16/h9-12,15,17,20H,7-8,13H2,1-6H3. The Morgan fingerprint density at radius 1 is 1.17 bits per heavy atom. The fraction of sp³-hybridized carbons (Fsp3) is 0.684. The van der Waals surface area contributed by atoms with Gasteiger partial charge in [0.05, 0.1) is 11.0 Å². The molecule has 0 radical (unpaired) electrons. The lowest BCUT2D eigenvalue weighted by atomic mass is 9.70. The first-order chi connectivity index (χ1) is 11.1. The van der Waals surface area contributed by atoms with Crippen LogP contribution in [0, 0.1) is 12.8 Å². The predicted octanol–water partition coefficient (Wildman–Crippen LogP) is 4.04. The number of aryl methyl sites for hydroxylation is 1. The highest BCUT2D eigenvalue weighted by Gasteiger charge is 2.48. The SMILES string of the molecule is CCC1(C)CC(OS(=O)(=O)c2ccc(C)cc2)C(C)C(C)(CC)N1. The van der Waals surface area contributed by atoms with Gasteiger partial charge in [-0.15, -0.1) is 0 Å². The fourth-order valence-electron chi connectivity index (χ4n) is 3.57. The molecule has 0 saturated carbocycles. The molecule has 0 bridgehead atoms. The lowest BCUT2D eigenvalue weighted by molar-refractivity contribution is -0.0105. The van der Waals surface area contributed by atoms with E-state index in [0.29, 0.717) is 6.42 Å².